The van der Waals surface area contributed by atoms with Crippen molar-refractivity contribution < 1.29 is 36.2 Å². The predicted octanol–water partition coefficient (Wildman–Crippen LogP) is 7.76. The Kier molecular flexibility index (Phi) is 14.0. The second kappa shape index (κ2) is 15.6. The predicted molar refractivity (Wildman–Crippen MR) is 114 cm³/mol. The molecule has 0 radical (unpaired) electrons. The van der Waals surface area contributed by atoms with Crippen LogP contribution in [-0.2, 0) is 14.2 Å². The van der Waals surface area contributed by atoms with Crippen LogP contribution in [0.4, 0.5) is 22.0 Å². The Morgan fingerprint density at radius 2 is 1.12 bits per heavy atom. The molecule has 1 aromatic carbocycles. The van der Waals surface area contributed by atoms with Crippen LogP contribution >= 0.6 is 0 Å². The van der Waals surface area contributed by atoms with Crippen LogP contribution in [0.25, 0.3) is 0 Å². The highest BCUT2D eigenvalue weighted by Gasteiger charge is 2.30. The van der Waals surface area contributed by atoms with Gasteiger partial charge in [0.1, 0.15) is 0 Å². The molecule has 186 valence electrons. The summed E-state index contributed by atoms with van der Waals surface area (Å²) in [6.07, 6.45) is 7.64. The largest absolute Gasteiger partial charge is 0.330 e. The van der Waals surface area contributed by atoms with Gasteiger partial charge in [-0.15, -0.1) is 0 Å². The molecule has 0 aromatic heterocycles. The quantitative estimate of drug-likeness (QED) is 0.0769. The molecule has 2 atom stereocenters. The van der Waals surface area contributed by atoms with Gasteiger partial charge in [0.05, 0.1) is 6.10 Å². The van der Waals surface area contributed by atoms with Gasteiger partial charge in [0.2, 0.25) is 5.82 Å². The molecule has 0 aliphatic heterocycles. The van der Waals surface area contributed by atoms with Crippen molar-refractivity contribution in [2.75, 3.05) is 13.2 Å². The van der Waals surface area contributed by atoms with Gasteiger partial charge in [0, 0.05) is 18.8 Å². The highest BCUT2D eigenvalue weighted by molar-refractivity contribution is 5.27. The first-order valence-electron chi connectivity index (χ1n) is 11.7. The lowest BCUT2D eigenvalue weighted by Gasteiger charge is -2.27. The van der Waals surface area contributed by atoms with E-state index in [0.29, 0.717) is 19.6 Å². The molecule has 3 nitrogen and oxygen atoms in total. The topological polar surface area (TPSA) is 27.7 Å². The van der Waals surface area contributed by atoms with Crippen LogP contribution < -0.4 is 0 Å². The number of unbranched alkanes of at least 4 members (excludes halogenated alkanes) is 6. The second-order valence-electron chi connectivity index (χ2n) is 7.99. The SMILES string of the molecule is CCCCCCCCCC(CC(C)c1c(F)c(F)c(F)c(F)c1F)OC(OCC)OCC. The van der Waals surface area contributed by atoms with Crippen molar-refractivity contribution in [3.8, 4) is 0 Å². The number of rotatable bonds is 17. The fourth-order valence-electron chi connectivity index (χ4n) is 3.69. The standard InChI is InChI=1S/C24H37F5O3/c1-5-8-9-10-11-12-13-14-17(32-24(30-6-2)31-7-3)15-16(4)18-19(25)21(27)23(29)22(28)20(18)26/h16-17,24H,5-15H2,1-4H3. The number of halogens is 5. The van der Waals surface area contributed by atoms with Gasteiger partial charge in [-0.25, -0.2) is 22.0 Å². The minimum Gasteiger partial charge on any atom is -0.330 e. The van der Waals surface area contributed by atoms with E-state index in [1.165, 1.54) is 26.2 Å². The summed E-state index contributed by atoms with van der Waals surface area (Å²) in [7, 11) is 0. The second-order valence-corrected chi connectivity index (χ2v) is 7.99. The number of ether oxygens (including phenoxy) is 3. The maximum atomic E-state index is 14.3. The van der Waals surface area contributed by atoms with Gasteiger partial charge in [0.15, 0.2) is 23.3 Å². The van der Waals surface area contributed by atoms with Crippen LogP contribution in [0, 0.1) is 29.1 Å². The van der Waals surface area contributed by atoms with Gasteiger partial charge in [-0.05, 0) is 32.6 Å². The molecule has 0 N–H and O–H groups in total. The Balaban J connectivity index is 2.89. The van der Waals surface area contributed by atoms with Crippen molar-refractivity contribution in [1.82, 2.24) is 0 Å². The molecule has 0 aliphatic rings. The van der Waals surface area contributed by atoms with Crippen molar-refractivity contribution in [1.29, 1.82) is 0 Å². The lowest BCUT2D eigenvalue weighted by atomic mass is 9.91. The van der Waals surface area contributed by atoms with E-state index in [-0.39, 0.29) is 6.42 Å². The molecule has 0 saturated carbocycles. The maximum absolute atomic E-state index is 14.3. The van der Waals surface area contributed by atoms with Crippen LogP contribution in [0.5, 0.6) is 0 Å². The number of hydrogen-bond acceptors (Lipinski definition) is 3. The first-order valence-corrected chi connectivity index (χ1v) is 11.7. The van der Waals surface area contributed by atoms with Crippen molar-refractivity contribution in [3.63, 3.8) is 0 Å². The molecule has 32 heavy (non-hydrogen) atoms. The van der Waals surface area contributed by atoms with E-state index in [0.717, 1.165) is 25.7 Å². The summed E-state index contributed by atoms with van der Waals surface area (Å²) in [4.78, 5) is 0. The Bertz CT molecular complexity index is 637. The van der Waals surface area contributed by atoms with E-state index in [1.807, 2.05) is 0 Å². The highest BCUT2D eigenvalue weighted by atomic mass is 19.2. The molecule has 1 rings (SSSR count). The third-order valence-corrected chi connectivity index (χ3v) is 5.39. The highest BCUT2D eigenvalue weighted by Crippen LogP contribution is 2.33. The third-order valence-electron chi connectivity index (χ3n) is 5.39. The average Bonchev–Trinajstić information content (AvgIpc) is 2.76. The smallest absolute Gasteiger partial charge is 0.271 e. The molecule has 0 heterocycles. The van der Waals surface area contributed by atoms with Crippen LogP contribution in [0.15, 0.2) is 0 Å². The van der Waals surface area contributed by atoms with E-state index < -0.39 is 53.1 Å². The van der Waals surface area contributed by atoms with E-state index in [9.17, 15) is 22.0 Å². The summed E-state index contributed by atoms with van der Waals surface area (Å²) >= 11 is 0. The Morgan fingerprint density at radius 1 is 0.656 bits per heavy atom. The van der Waals surface area contributed by atoms with Gasteiger partial charge in [-0.1, -0.05) is 58.8 Å². The molecule has 0 bridgehead atoms. The zero-order chi connectivity index (χ0) is 24.1. The fraction of sp³-hybridized carbons (Fsp3) is 0.750. The van der Waals surface area contributed by atoms with E-state index in [2.05, 4.69) is 6.92 Å². The van der Waals surface area contributed by atoms with E-state index in [4.69, 9.17) is 14.2 Å². The van der Waals surface area contributed by atoms with Crippen LogP contribution in [0.3, 0.4) is 0 Å². The van der Waals surface area contributed by atoms with Gasteiger partial charge >= 0.3 is 0 Å². The minimum absolute atomic E-state index is 0.0604. The first-order chi connectivity index (χ1) is 15.3. The van der Waals surface area contributed by atoms with Crippen LogP contribution in [-0.4, -0.2) is 25.8 Å². The maximum Gasteiger partial charge on any atom is 0.271 e. The molecule has 0 saturated heterocycles. The van der Waals surface area contributed by atoms with E-state index in [1.54, 1.807) is 13.8 Å². The average molecular weight is 469 g/mol. The van der Waals surface area contributed by atoms with Crippen LogP contribution in [0.2, 0.25) is 0 Å². The lowest BCUT2D eigenvalue weighted by molar-refractivity contribution is -0.303. The normalized spacial score (nSPS) is 13.7. The Hall–Kier alpha value is -1.25. The zero-order valence-electron chi connectivity index (χ0n) is 19.6. The first kappa shape index (κ1) is 28.8. The van der Waals surface area contributed by atoms with Crippen molar-refractivity contribution in [3.05, 3.63) is 34.6 Å². The lowest BCUT2D eigenvalue weighted by Crippen LogP contribution is -2.29. The van der Waals surface area contributed by atoms with Gasteiger partial charge < -0.3 is 14.2 Å². The number of benzene rings is 1. The molecule has 0 aliphatic carbocycles. The molecule has 8 heteroatoms. The zero-order valence-corrected chi connectivity index (χ0v) is 19.6. The molecule has 0 spiro atoms. The summed E-state index contributed by atoms with van der Waals surface area (Å²) in [5.74, 6) is -10.6. The summed E-state index contributed by atoms with van der Waals surface area (Å²) < 4.78 is 85.9. The van der Waals surface area contributed by atoms with Gasteiger partial charge in [0.25, 0.3) is 6.48 Å². The molecular formula is C24H37F5O3. The molecule has 1 aromatic rings. The van der Waals surface area contributed by atoms with E-state index >= 15 is 0 Å². The van der Waals surface area contributed by atoms with Crippen molar-refractivity contribution in [2.24, 2.45) is 0 Å². The summed E-state index contributed by atoms with van der Waals surface area (Å²) in [5.41, 5.74) is -0.820. The van der Waals surface area contributed by atoms with Crippen LogP contribution in [0.1, 0.15) is 97.0 Å². The Labute approximate surface area is 188 Å². The monoisotopic (exact) mass is 468 g/mol. The fourth-order valence-corrected chi connectivity index (χ4v) is 3.69. The molecule has 0 amide bonds. The Morgan fingerprint density at radius 3 is 1.62 bits per heavy atom. The minimum atomic E-state index is -2.15. The van der Waals surface area contributed by atoms with Crippen molar-refractivity contribution >= 4 is 0 Å². The summed E-state index contributed by atoms with van der Waals surface area (Å²) in [6, 6.07) is 0. The molecule has 0 fully saturated rings. The molecular weight excluding hydrogens is 431 g/mol. The third kappa shape index (κ3) is 8.94. The van der Waals surface area contributed by atoms with Gasteiger partial charge in [-0.2, -0.15) is 0 Å². The number of hydrogen-bond donors (Lipinski definition) is 0. The summed E-state index contributed by atoms with van der Waals surface area (Å²) in [6.45, 7) is 6.85. The summed E-state index contributed by atoms with van der Waals surface area (Å²) in [5, 5.41) is 0. The van der Waals surface area contributed by atoms with Gasteiger partial charge in [-0.3, -0.25) is 0 Å². The molecule has 2 unspecified atom stereocenters. The van der Waals surface area contributed by atoms with Crippen molar-refractivity contribution in [2.45, 2.75) is 104 Å².